The predicted octanol–water partition coefficient (Wildman–Crippen LogP) is 2.14. The van der Waals surface area contributed by atoms with Crippen molar-refractivity contribution in [3.05, 3.63) is 65.5 Å². The van der Waals surface area contributed by atoms with Gasteiger partial charge in [-0.3, -0.25) is 9.78 Å². The van der Waals surface area contributed by atoms with Gasteiger partial charge in [0.1, 0.15) is 4.99 Å². The minimum atomic E-state index is -0.116. The number of nitrogens with zero attached hydrogens (tertiary/aromatic N) is 1. The Bertz CT molecular complexity index is 626. The van der Waals surface area contributed by atoms with E-state index in [0.29, 0.717) is 11.4 Å². The fourth-order valence-corrected chi connectivity index (χ4v) is 2.11. The molecule has 0 radical (unpaired) electrons. The average molecular weight is 299 g/mol. The van der Waals surface area contributed by atoms with Crippen molar-refractivity contribution in [1.29, 1.82) is 0 Å². The van der Waals surface area contributed by atoms with E-state index < -0.39 is 0 Å². The van der Waals surface area contributed by atoms with E-state index in [1.807, 2.05) is 49.4 Å². The van der Waals surface area contributed by atoms with Crippen LogP contribution in [0.3, 0.4) is 0 Å². The van der Waals surface area contributed by atoms with E-state index in [2.05, 4.69) is 10.3 Å². The van der Waals surface area contributed by atoms with Crippen LogP contribution in [0, 0.1) is 0 Å². The Balaban J connectivity index is 1.94. The number of hydrogen-bond acceptors (Lipinski definition) is 3. The van der Waals surface area contributed by atoms with Crippen LogP contribution in [-0.2, 0) is 11.2 Å². The second-order valence-corrected chi connectivity index (χ2v) is 5.22. The number of hydrogen-bond donors (Lipinski definition) is 2. The lowest BCUT2D eigenvalue weighted by molar-refractivity contribution is -0.121. The van der Waals surface area contributed by atoms with Crippen LogP contribution in [0.25, 0.3) is 0 Å². The molecule has 5 heteroatoms. The molecule has 1 amide bonds. The number of amides is 1. The van der Waals surface area contributed by atoms with E-state index in [-0.39, 0.29) is 11.9 Å². The molecule has 1 heterocycles. The lowest BCUT2D eigenvalue weighted by Crippen LogP contribution is -2.28. The number of aromatic nitrogens is 1. The van der Waals surface area contributed by atoms with Gasteiger partial charge in [-0.05, 0) is 24.6 Å². The molecule has 1 unspecified atom stereocenters. The number of nitrogens with one attached hydrogen (secondary N) is 1. The van der Waals surface area contributed by atoms with Gasteiger partial charge in [-0.15, -0.1) is 0 Å². The van der Waals surface area contributed by atoms with Crippen molar-refractivity contribution in [1.82, 2.24) is 10.3 Å². The molecule has 1 aromatic carbocycles. The van der Waals surface area contributed by atoms with E-state index in [9.17, 15) is 4.79 Å². The summed E-state index contributed by atoms with van der Waals surface area (Å²) in [5, 5.41) is 2.93. The highest BCUT2D eigenvalue weighted by molar-refractivity contribution is 7.80. The highest BCUT2D eigenvalue weighted by Crippen LogP contribution is 2.09. The van der Waals surface area contributed by atoms with Crippen molar-refractivity contribution in [3.63, 3.8) is 0 Å². The summed E-state index contributed by atoms with van der Waals surface area (Å²) in [6.07, 6.45) is 2.03. The SMILES string of the molecule is CC(NC(=O)Cc1ccc(C(N)=S)cc1)c1ccccn1. The molecule has 1 aromatic heterocycles. The van der Waals surface area contributed by atoms with Gasteiger partial charge in [0.05, 0.1) is 18.2 Å². The molecule has 0 aliphatic rings. The van der Waals surface area contributed by atoms with Gasteiger partial charge in [0.25, 0.3) is 0 Å². The number of carbonyl (C=O) groups excluding carboxylic acids is 1. The first-order valence-corrected chi connectivity index (χ1v) is 7.06. The Morgan fingerprint density at radius 3 is 2.57 bits per heavy atom. The van der Waals surface area contributed by atoms with E-state index >= 15 is 0 Å². The maximum Gasteiger partial charge on any atom is 0.224 e. The fraction of sp³-hybridized carbons (Fsp3) is 0.188. The molecule has 2 rings (SSSR count). The first-order chi connectivity index (χ1) is 10.1. The molecule has 3 N–H and O–H groups in total. The molecule has 21 heavy (non-hydrogen) atoms. The van der Waals surface area contributed by atoms with E-state index in [1.165, 1.54) is 0 Å². The van der Waals surface area contributed by atoms with Gasteiger partial charge in [0.15, 0.2) is 0 Å². The zero-order chi connectivity index (χ0) is 15.2. The summed E-state index contributed by atoms with van der Waals surface area (Å²) in [6.45, 7) is 1.91. The van der Waals surface area contributed by atoms with Gasteiger partial charge in [-0.2, -0.15) is 0 Å². The molecule has 0 bridgehead atoms. The van der Waals surface area contributed by atoms with E-state index in [1.54, 1.807) is 6.20 Å². The Morgan fingerprint density at radius 2 is 2.00 bits per heavy atom. The second-order valence-electron chi connectivity index (χ2n) is 4.78. The molecule has 2 aromatic rings. The number of nitrogens with two attached hydrogens (primary N) is 1. The number of carbonyl (C=O) groups is 1. The molecule has 108 valence electrons. The zero-order valence-electron chi connectivity index (χ0n) is 11.7. The van der Waals surface area contributed by atoms with Crippen LogP contribution in [0.5, 0.6) is 0 Å². The van der Waals surface area contributed by atoms with Gasteiger partial charge in [-0.25, -0.2) is 0 Å². The lowest BCUT2D eigenvalue weighted by Gasteiger charge is -2.13. The third kappa shape index (κ3) is 4.36. The summed E-state index contributed by atoms with van der Waals surface area (Å²) in [5.41, 5.74) is 8.10. The maximum atomic E-state index is 12.0. The molecule has 0 saturated carbocycles. The zero-order valence-corrected chi connectivity index (χ0v) is 12.6. The molecule has 1 atom stereocenters. The predicted molar refractivity (Wildman–Crippen MR) is 86.8 cm³/mol. The van der Waals surface area contributed by atoms with Crippen LogP contribution in [0.15, 0.2) is 48.7 Å². The molecule has 0 aliphatic carbocycles. The molecule has 4 nitrogen and oxygen atoms in total. The first kappa shape index (κ1) is 15.1. The summed E-state index contributed by atoms with van der Waals surface area (Å²) in [7, 11) is 0. The normalized spacial score (nSPS) is 11.7. The van der Waals surface area contributed by atoms with Crippen molar-refractivity contribution >= 4 is 23.1 Å². The quantitative estimate of drug-likeness (QED) is 0.830. The highest BCUT2D eigenvalue weighted by atomic mass is 32.1. The fourth-order valence-electron chi connectivity index (χ4n) is 1.97. The number of rotatable bonds is 5. The van der Waals surface area contributed by atoms with Gasteiger partial charge >= 0.3 is 0 Å². The molecular formula is C16H17N3OS. The molecule has 0 aliphatic heterocycles. The number of thiocarbonyl (C=S) groups is 1. The second kappa shape index (κ2) is 6.95. The average Bonchev–Trinajstić information content (AvgIpc) is 2.48. The Kier molecular flexibility index (Phi) is 5.00. The maximum absolute atomic E-state index is 12.0. The van der Waals surface area contributed by atoms with Crippen molar-refractivity contribution in [2.24, 2.45) is 5.73 Å². The standard InChI is InChI=1S/C16H17N3OS/c1-11(14-4-2-3-9-18-14)19-15(20)10-12-5-7-13(8-6-12)16(17)21/h2-9,11H,10H2,1H3,(H2,17,21)(H,19,20). The number of pyridine rings is 1. The topological polar surface area (TPSA) is 68.0 Å². The van der Waals surface area contributed by atoms with Crippen LogP contribution >= 0.6 is 12.2 Å². The van der Waals surface area contributed by atoms with Gasteiger partial charge in [-0.1, -0.05) is 42.5 Å². The summed E-state index contributed by atoms with van der Waals surface area (Å²) in [5.74, 6) is -0.0452. The summed E-state index contributed by atoms with van der Waals surface area (Å²) in [4.78, 5) is 16.6. The molecule has 0 saturated heterocycles. The lowest BCUT2D eigenvalue weighted by atomic mass is 10.1. The van der Waals surface area contributed by atoms with Crippen LogP contribution in [0.1, 0.15) is 29.8 Å². The summed E-state index contributed by atoms with van der Waals surface area (Å²) < 4.78 is 0. The molecule has 0 spiro atoms. The highest BCUT2D eigenvalue weighted by Gasteiger charge is 2.10. The first-order valence-electron chi connectivity index (χ1n) is 6.65. The Hall–Kier alpha value is -2.27. The largest absolute Gasteiger partial charge is 0.389 e. The monoisotopic (exact) mass is 299 g/mol. The van der Waals surface area contributed by atoms with Crippen molar-refractivity contribution in [2.45, 2.75) is 19.4 Å². The minimum Gasteiger partial charge on any atom is -0.389 e. The van der Waals surface area contributed by atoms with Gasteiger partial charge < -0.3 is 11.1 Å². The van der Waals surface area contributed by atoms with E-state index in [4.69, 9.17) is 18.0 Å². The van der Waals surface area contributed by atoms with Crippen LogP contribution in [0.2, 0.25) is 0 Å². The molecule has 0 fully saturated rings. The van der Waals surface area contributed by atoms with Crippen molar-refractivity contribution in [2.75, 3.05) is 0 Å². The van der Waals surface area contributed by atoms with Gasteiger partial charge in [0.2, 0.25) is 5.91 Å². The van der Waals surface area contributed by atoms with Crippen LogP contribution < -0.4 is 11.1 Å². The van der Waals surface area contributed by atoms with E-state index in [0.717, 1.165) is 16.8 Å². The van der Waals surface area contributed by atoms with Crippen LogP contribution in [-0.4, -0.2) is 15.9 Å². The Labute approximate surface area is 129 Å². The van der Waals surface area contributed by atoms with Crippen molar-refractivity contribution in [3.8, 4) is 0 Å². The summed E-state index contributed by atoms with van der Waals surface area (Å²) >= 11 is 4.90. The Morgan fingerprint density at radius 1 is 1.29 bits per heavy atom. The third-order valence-electron chi connectivity index (χ3n) is 3.11. The summed E-state index contributed by atoms with van der Waals surface area (Å²) in [6, 6.07) is 12.9. The van der Waals surface area contributed by atoms with Gasteiger partial charge in [0, 0.05) is 11.8 Å². The smallest absolute Gasteiger partial charge is 0.224 e. The third-order valence-corrected chi connectivity index (χ3v) is 3.35. The minimum absolute atomic E-state index is 0.0452. The van der Waals surface area contributed by atoms with Crippen LogP contribution in [0.4, 0.5) is 0 Å². The van der Waals surface area contributed by atoms with Crippen molar-refractivity contribution < 1.29 is 4.79 Å². The number of benzene rings is 1. The molecular weight excluding hydrogens is 282 g/mol.